The molecule has 0 bridgehead atoms. The Bertz CT molecular complexity index is 605. The van der Waals surface area contributed by atoms with Crippen LogP contribution in [0.2, 0.25) is 0 Å². The van der Waals surface area contributed by atoms with Crippen LogP contribution in [-0.4, -0.2) is 9.97 Å². The van der Waals surface area contributed by atoms with Crippen molar-refractivity contribution in [3.05, 3.63) is 77.3 Å². The molecule has 0 aliphatic rings. The lowest BCUT2D eigenvalue weighted by Gasteiger charge is -1.93. The minimum atomic E-state index is -0.0521. The van der Waals surface area contributed by atoms with E-state index in [4.69, 9.17) is 0 Å². The molecule has 0 fully saturated rings. The Hall–Kier alpha value is -2.42. The zero-order chi connectivity index (χ0) is 11.9. The number of aromatic nitrogens is 2. The minimum Gasteiger partial charge on any atom is -0.322 e. The molecule has 1 aromatic carbocycles. The number of pyridine rings is 2. The van der Waals surface area contributed by atoms with Crippen molar-refractivity contribution in [1.82, 2.24) is 9.97 Å². The average Bonchev–Trinajstić information content (AvgIpc) is 2.41. The summed E-state index contributed by atoms with van der Waals surface area (Å²) >= 11 is 0. The van der Waals surface area contributed by atoms with Crippen LogP contribution in [0.5, 0.6) is 0 Å². The van der Waals surface area contributed by atoms with Crippen LogP contribution in [0.4, 0.5) is 0 Å². The van der Waals surface area contributed by atoms with Gasteiger partial charge in [-0.15, -0.1) is 0 Å². The summed E-state index contributed by atoms with van der Waals surface area (Å²) in [6, 6.07) is 16.8. The third-order valence-electron chi connectivity index (χ3n) is 2.20. The molecule has 0 spiro atoms. The van der Waals surface area contributed by atoms with Gasteiger partial charge < -0.3 is 4.98 Å². The maximum Gasteiger partial charge on any atom is 0.248 e. The second-order valence-corrected chi connectivity index (χ2v) is 3.43. The zero-order valence-corrected chi connectivity index (χ0v) is 9.21. The highest BCUT2D eigenvalue weighted by Crippen LogP contribution is 2.06. The fraction of sp³-hybridized carbons (Fsp3) is 0. The van der Waals surface area contributed by atoms with Crippen molar-refractivity contribution in [2.45, 2.75) is 0 Å². The van der Waals surface area contributed by atoms with E-state index in [2.05, 4.69) is 9.97 Å². The van der Waals surface area contributed by atoms with Gasteiger partial charge in [-0.25, -0.2) is 0 Å². The number of hydrogen-bond donors (Lipinski definition) is 1. The SMILES string of the molecule is O=c1ccc2ccccc2[nH]1.c1ccncc1. The number of aromatic amines is 1. The van der Waals surface area contributed by atoms with Gasteiger partial charge in [0.1, 0.15) is 0 Å². The Balaban J connectivity index is 0.000000153. The monoisotopic (exact) mass is 224 g/mol. The largest absolute Gasteiger partial charge is 0.322 e. The fourth-order valence-corrected chi connectivity index (χ4v) is 1.41. The van der Waals surface area contributed by atoms with Crippen molar-refractivity contribution in [2.24, 2.45) is 0 Å². The molecule has 0 amide bonds. The van der Waals surface area contributed by atoms with E-state index in [9.17, 15) is 4.79 Å². The Labute approximate surface area is 98.8 Å². The normalized spacial score (nSPS) is 9.41. The van der Waals surface area contributed by atoms with E-state index >= 15 is 0 Å². The van der Waals surface area contributed by atoms with Crippen LogP contribution in [0, 0.1) is 0 Å². The number of nitrogens with one attached hydrogen (secondary N) is 1. The maximum absolute atomic E-state index is 10.8. The first-order chi connectivity index (χ1) is 8.36. The molecule has 1 N–H and O–H groups in total. The highest BCUT2D eigenvalue weighted by Gasteiger charge is 1.89. The van der Waals surface area contributed by atoms with E-state index in [-0.39, 0.29) is 5.56 Å². The molecule has 0 saturated carbocycles. The Morgan fingerprint density at radius 3 is 2.24 bits per heavy atom. The molecule has 17 heavy (non-hydrogen) atoms. The minimum absolute atomic E-state index is 0.0521. The van der Waals surface area contributed by atoms with E-state index in [0.29, 0.717) is 0 Å². The molecule has 84 valence electrons. The van der Waals surface area contributed by atoms with Crippen molar-refractivity contribution in [1.29, 1.82) is 0 Å². The van der Waals surface area contributed by atoms with Crippen molar-refractivity contribution >= 4 is 10.9 Å². The van der Waals surface area contributed by atoms with Gasteiger partial charge >= 0.3 is 0 Å². The number of benzene rings is 1. The average molecular weight is 224 g/mol. The van der Waals surface area contributed by atoms with E-state index < -0.39 is 0 Å². The van der Waals surface area contributed by atoms with Gasteiger partial charge in [0, 0.05) is 24.0 Å². The summed E-state index contributed by atoms with van der Waals surface area (Å²) in [7, 11) is 0. The van der Waals surface area contributed by atoms with Gasteiger partial charge in [-0.3, -0.25) is 9.78 Å². The van der Waals surface area contributed by atoms with Gasteiger partial charge in [-0.1, -0.05) is 24.3 Å². The highest BCUT2D eigenvalue weighted by atomic mass is 16.1. The van der Waals surface area contributed by atoms with Crippen LogP contribution in [0.3, 0.4) is 0 Å². The van der Waals surface area contributed by atoms with Gasteiger partial charge in [0.05, 0.1) is 0 Å². The summed E-state index contributed by atoms with van der Waals surface area (Å²) in [6.45, 7) is 0. The molecular formula is C14H12N2O. The van der Waals surface area contributed by atoms with Crippen LogP contribution >= 0.6 is 0 Å². The summed E-state index contributed by atoms with van der Waals surface area (Å²) < 4.78 is 0. The van der Waals surface area contributed by atoms with Crippen molar-refractivity contribution in [3.8, 4) is 0 Å². The number of fused-ring (bicyclic) bond motifs is 1. The first-order valence-corrected chi connectivity index (χ1v) is 5.29. The van der Waals surface area contributed by atoms with Crippen LogP contribution < -0.4 is 5.56 Å². The van der Waals surface area contributed by atoms with Crippen LogP contribution in [0.1, 0.15) is 0 Å². The number of nitrogens with zero attached hydrogens (tertiary/aromatic N) is 1. The molecule has 0 aliphatic carbocycles. The van der Waals surface area contributed by atoms with Gasteiger partial charge in [-0.2, -0.15) is 0 Å². The predicted octanol–water partition coefficient (Wildman–Crippen LogP) is 2.61. The number of H-pyrrole nitrogens is 1. The Morgan fingerprint density at radius 1 is 0.824 bits per heavy atom. The summed E-state index contributed by atoms with van der Waals surface area (Å²) in [6.07, 6.45) is 3.50. The first kappa shape index (κ1) is 11.1. The van der Waals surface area contributed by atoms with Crippen molar-refractivity contribution in [3.63, 3.8) is 0 Å². The Kier molecular flexibility index (Phi) is 3.65. The third kappa shape index (κ3) is 3.28. The lowest BCUT2D eigenvalue weighted by molar-refractivity contribution is 1.31. The fourth-order valence-electron chi connectivity index (χ4n) is 1.41. The van der Waals surface area contributed by atoms with Gasteiger partial charge in [0.25, 0.3) is 0 Å². The molecular weight excluding hydrogens is 212 g/mol. The lowest BCUT2D eigenvalue weighted by atomic mass is 10.2. The van der Waals surface area contributed by atoms with Crippen molar-refractivity contribution in [2.75, 3.05) is 0 Å². The van der Waals surface area contributed by atoms with E-state index in [1.807, 2.05) is 48.5 Å². The van der Waals surface area contributed by atoms with E-state index in [1.165, 1.54) is 6.07 Å². The molecule has 0 aliphatic heterocycles. The molecule has 0 atom stereocenters. The predicted molar refractivity (Wildman–Crippen MR) is 68.8 cm³/mol. The first-order valence-electron chi connectivity index (χ1n) is 5.29. The summed E-state index contributed by atoms with van der Waals surface area (Å²) in [5.74, 6) is 0. The molecule has 0 saturated heterocycles. The molecule has 3 nitrogen and oxygen atoms in total. The molecule has 0 radical (unpaired) electrons. The summed E-state index contributed by atoms with van der Waals surface area (Å²) in [5.41, 5.74) is 0.837. The van der Waals surface area contributed by atoms with E-state index in [1.54, 1.807) is 12.4 Å². The van der Waals surface area contributed by atoms with Gasteiger partial charge in [0.15, 0.2) is 0 Å². The number of rotatable bonds is 0. The Morgan fingerprint density at radius 2 is 1.59 bits per heavy atom. The van der Waals surface area contributed by atoms with Gasteiger partial charge in [-0.05, 0) is 29.7 Å². The zero-order valence-electron chi connectivity index (χ0n) is 9.21. The van der Waals surface area contributed by atoms with Crippen LogP contribution in [0.15, 0.2) is 71.8 Å². The summed E-state index contributed by atoms with van der Waals surface area (Å²) in [5, 5.41) is 1.06. The smallest absolute Gasteiger partial charge is 0.248 e. The number of hydrogen-bond acceptors (Lipinski definition) is 2. The lowest BCUT2D eigenvalue weighted by Crippen LogP contribution is -2.01. The third-order valence-corrected chi connectivity index (χ3v) is 2.20. The van der Waals surface area contributed by atoms with Crippen LogP contribution in [0.25, 0.3) is 10.9 Å². The molecule has 3 rings (SSSR count). The quantitative estimate of drug-likeness (QED) is 0.638. The topological polar surface area (TPSA) is 45.8 Å². The second kappa shape index (κ2) is 5.61. The van der Waals surface area contributed by atoms with Crippen molar-refractivity contribution < 1.29 is 0 Å². The number of para-hydroxylation sites is 1. The highest BCUT2D eigenvalue weighted by molar-refractivity contribution is 5.77. The standard InChI is InChI=1S/C9H7NO.C5H5N/c11-9-6-5-7-3-1-2-4-8(7)10-9;1-2-4-6-5-3-1/h1-6H,(H,10,11);1-5H. The second-order valence-electron chi connectivity index (χ2n) is 3.43. The molecule has 2 heterocycles. The molecule has 2 aromatic heterocycles. The molecule has 0 unspecified atom stereocenters. The maximum atomic E-state index is 10.8. The summed E-state index contributed by atoms with van der Waals surface area (Å²) in [4.78, 5) is 17.3. The van der Waals surface area contributed by atoms with E-state index in [0.717, 1.165) is 10.9 Å². The molecule has 3 aromatic rings. The molecule has 3 heteroatoms. The van der Waals surface area contributed by atoms with Gasteiger partial charge in [0.2, 0.25) is 5.56 Å². The van der Waals surface area contributed by atoms with Crippen LogP contribution in [-0.2, 0) is 0 Å².